The molecule has 0 spiro atoms. The van der Waals surface area contributed by atoms with Crippen molar-refractivity contribution in [2.45, 2.75) is 147 Å². The fraction of sp³-hybridized carbons (Fsp3) is 0.321. The third-order valence-corrected chi connectivity index (χ3v) is 32.2. The lowest BCUT2D eigenvalue weighted by atomic mass is 9.91. The smallest absolute Gasteiger partial charge is 0.295 e. The van der Waals surface area contributed by atoms with Crippen LogP contribution in [0.5, 0.6) is 23.0 Å². The molecule has 3 unspecified atom stereocenters. The molecule has 9 aromatic carbocycles. The Kier molecular flexibility index (Phi) is 34.6. The van der Waals surface area contributed by atoms with E-state index in [4.69, 9.17) is 57.1 Å². The van der Waals surface area contributed by atoms with Gasteiger partial charge in [0.15, 0.2) is 21.4 Å². The van der Waals surface area contributed by atoms with E-state index >= 15 is 0 Å². The molecule has 5 aliphatic rings. The maximum absolute atomic E-state index is 14.2. The SMILES string of the molecule is CN(C)CCS(=O)(=O)c1cccc(Cn2c(=O)c(C(=O)C3CCOCC3)cc3cnc(Nc4ccc(OC5CCCN(C)C5)cc4)nc32)c1.CN1CCC(Oc2ccc(Nc3ncc4cc(-c5ccc(Cl)cc5Cl)c(=O)n(Cc5ccc(Sc6ccccc6)cc5)c4n3)cc2)CC1.Cc1ccccc1Oc1cc2cnc(Nc3ccc(N(C)C4CCCNC4)cc3)nc2n(Cc2ccccc2S(=O)C2CCCC2)c1=O.O. The number of rotatable bonds is 31. The van der Waals surface area contributed by atoms with Crippen LogP contribution in [0.25, 0.3) is 44.2 Å². The van der Waals surface area contributed by atoms with Crippen molar-refractivity contribution in [1.82, 2.24) is 63.6 Å². The van der Waals surface area contributed by atoms with Crippen LogP contribution >= 0.6 is 35.0 Å². The molecule has 34 heteroatoms. The summed E-state index contributed by atoms with van der Waals surface area (Å²) in [5, 5.41) is 16.3. The molecule has 6 N–H and O–H groups in total. The summed E-state index contributed by atoms with van der Waals surface area (Å²) in [5.74, 6) is 2.87. The van der Waals surface area contributed by atoms with Crippen molar-refractivity contribution in [1.29, 1.82) is 0 Å². The molecule has 10 heterocycles. The number of likely N-dealkylation sites (N-methyl/N-ethyl adjacent to an activating group) is 2. The first kappa shape index (κ1) is 104. The average molecular weight is 2060 g/mol. The number of nitrogens with zero attached hydrogens (tertiary/aromatic N) is 13. The maximum atomic E-state index is 14.2. The van der Waals surface area contributed by atoms with E-state index in [0.717, 1.165) is 156 Å². The summed E-state index contributed by atoms with van der Waals surface area (Å²) < 4.78 is 68.7. The van der Waals surface area contributed by atoms with Gasteiger partial charge in [-0.25, -0.2) is 23.4 Å². The largest absolute Gasteiger partial charge is 0.490 e. The van der Waals surface area contributed by atoms with E-state index in [9.17, 15) is 31.8 Å². The minimum atomic E-state index is -3.56. The number of hydrogen-bond donors (Lipinski definition) is 4. The Hall–Kier alpha value is -13.1. The second-order valence-electron chi connectivity index (χ2n) is 37.9. The highest BCUT2D eigenvalue weighted by atomic mass is 35.5. The maximum Gasteiger partial charge on any atom is 0.295 e. The molecule has 29 nitrogen and oxygen atoms in total. The highest BCUT2D eigenvalue weighted by Crippen LogP contribution is 2.37. The van der Waals surface area contributed by atoms with Crippen molar-refractivity contribution in [3.05, 3.63) is 324 Å². The summed E-state index contributed by atoms with van der Waals surface area (Å²) in [6.07, 6.45) is 17.2. The minimum absolute atomic E-state index is 0. The number of likely N-dealkylation sites (tertiary alicyclic amines) is 2. The standard InChI is InChI=1S/C38H33Cl2N5O2S.C38H42N6O3S.C36H44N6O6S.H2O/c1-44-19-17-30(18-20-44)47-29-12-10-28(11-13-29)42-38-41-23-26-21-34(33-16-9-27(39)22-35(33)40)37(46)45(36(26)43-38)24-25-7-14-32(15-8-25)48-31-5-3-2-4-6-31;1-26-10-3-7-15-33(26)47-34-22-28-23-40-38(41-29-17-19-30(20-18-29)43(2)31-12-9-21-39-24-31)42-36(28)44(37(34)45)25-27-11-4-8-16-35(27)48(46)32-13-5-6-14-32;1-40(2)16-19-49(45,46)31-8-4-6-25(20-31)23-42-34-27(21-32(35(42)44)33(43)26-13-17-47-18-14-26)22-37-36(39-34)38-28-9-11-29(12-10-28)48-30-7-5-15-41(3)24-30;/h2-16,21-23,30H,17-20,24H2,1H3,(H,41,42,43);3-4,7-8,10-11,15-20,22-23,31-32,39H,5-6,9,12-14,21,24-25H2,1-2H3,(H,40,41,42);4,6,8-12,20-22,26,30H,5,7,13-19,23-24H2,1-3H3,(H,37,38,39);1H2. The van der Waals surface area contributed by atoms with Gasteiger partial charge >= 0.3 is 0 Å². The van der Waals surface area contributed by atoms with Crippen molar-refractivity contribution in [3.63, 3.8) is 0 Å². The summed E-state index contributed by atoms with van der Waals surface area (Å²) in [6.45, 7) is 9.92. The number of anilines is 7. The molecular formula is C112H121Cl2N17O12S3. The highest BCUT2D eigenvalue weighted by molar-refractivity contribution is 7.99. The third-order valence-electron chi connectivity index (χ3n) is 27.0. The molecule has 3 atom stereocenters. The number of ether oxygens (including phenoxy) is 4. The molecular weight excluding hydrogens is 1940 g/mol. The number of aryl methyl sites for hydroxylation is 1. The van der Waals surface area contributed by atoms with Gasteiger partial charge in [-0.2, -0.15) is 15.0 Å². The predicted molar refractivity (Wildman–Crippen MR) is 582 cm³/mol. The Morgan fingerprint density at radius 3 is 1.75 bits per heavy atom. The number of nitrogens with one attached hydrogen (secondary N) is 4. The molecule has 5 fully saturated rings. The number of para-hydroxylation sites is 1. The number of carbonyl (C=O) groups is 1. The van der Waals surface area contributed by atoms with Crippen molar-refractivity contribution in [3.8, 4) is 34.1 Å². The third kappa shape index (κ3) is 26.3. The number of carbonyl (C=O) groups excluding carboxylic acids is 1. The topological polar surface area (TPSA) is 341 Å². The fourth-order valence-electron chi connectivity index (χ4n) is 18.9. The molecule has 1 aliphatic carbocycles. The van der Waals surface area contributed by atoms with E-state index in [1.807, 2.05) is 165 Å². The van der Waals surface area contributed by atoms with Gasteiger partial charge in [0.1, 0.15) is 46.4 Å². The molecule has 0 amide bonds. The quantitative estimate of drug-likeness (QED) is 0.0293. The zero-order valence-corrected chi connectivity index (χ0v) is 86.6. The molecule has 146 heavy (non-hydrogen) atoms. The van der Waals surface area contributed by atoms with Gasteiger partial charge in [0.05, 0.1) is 51.7 Å². The summed E-state index contributed by atoms with van der Waals surface area (Å²) in [5.41, 5.74) is 8.27. The molecule has 0 bridgehead atoms. The van der Waals surface area contributed by atoms with Crippen LogP contribution in [0, 0.1) is 12.8 Å². The van der Waals surface area contributed by atoms with Gasteiger partial charge in [0, 0.05) is 159 Å². The van der Waals surface area contributed by atoms with E-state index in [0.29, 0.717) is 123 Å². The molecule has 4 saturated heterocycles. The van der Waals surface area contributed by atoms with Crippen LogP contribution < -0.4 is 57.1 Å². The minimum Gasteiger partial charge on any atom is -0.490 e. The first-order chi connectivity index (χ1) is 70.4. The highest BCUT2D eigenvalue weighted by Gasteiger charge is 2.31. The Morgan fingerprint density at radius 2 is 1.12 bits per heavy atom. The fourth-order valence-corrected chi connectivity index (χ4v) is 23.4. The molecule has 20 rings (SSSR count). The first-order valence-corrected chi connectivity index (χ1v) is 53.9. The van der Waals surface area contributed by atoms with Crippen LogP contribution in [0.1, 0.15) is 110 Å². The lowest BCUT2D eigenvalue weighted by Crippen LogP contribution is -2.44. The lowest BCUT2D eigenvalue weighted by molar-refractivity contribution is 0.0543. The first-order valence-electron chi connectivity index (χ1n) is 49.4. The second-order valence-corrected chi connectivity index (χ2v) is 43.7. The van der Waals surface area contributed by atoms with Crippen molar-refractivity contribution in [2.24, 2.45) is 5.92 Å². The van der Waals surface area contributed by atoms with E-state index < -0.39 is 26.2 Å². The number of fused-ring (bicyclic) bond motifs is 3. The van der Waals surface area contributed by atoms with Crippen LogP contribution in [0.2, 0.25) is 10.0 Å². The number of halogens is 2. The number of aromatic nitrogens is 9. The van der Waals surface area contributed by atoms with Crippen LogP contribution in [0.15, 0.2) is 289 Å². The average Bonchev–Trinajstić information content (AvgIpc) is 0.806. The Balaban J connectivity index is 0.000000149. The molecule has 6 aromatic heterocycles. The lowest BCUT2D eigenvalue weighted by Gasteiger charge is -2.33. The molecule has 4 aliphatic heterocycles. The Bertz CT molecular complexity index is 7440. The van der Waals surface area contributed by atoms with Crippen molar-refractivity contribution >= 4 is 135 Å². The van der Waals surface area contributed by atoms with Gasteiger partial charge in [-0.05, 0) is 286 Å². The number of ketones is 1. The number of sulfone groups is 1. The second kappa shape index (κ2) is 48.5. The number of hydrogen-bond acceptors (Lipinski definition) is 26. The van der Waals surface area contributed by atoms with Gasteiger partial charge in [-0.3, -0.25) is 37.1 Å². The van der Waals surface area contributed by atoms with Crippen LogP contribution in [-0.4, -0.2) is 206 Å². The van der Waals surface area contributed by atoms with Crippen LogP contribution in [0.3, 0.4) is 0 Å². The number of pyridine rings is 3. The summed E-state index contributed by atoms with van der Waals surface area (Å²) in [6, 6.07) is 74.7. The van der Waals surface area contributed by atoms with Gasteiger partial charge in [0.2, 0.25) is 17.8 Å². The monoisotopic (exact) mass is 2060 g/mol. The van der Waals surface area contributed by atoms with Gasteiger partial charge in [-0.1, -0.05) is 133 Å². The van der Waals surface area contributed by atoms with Crippen molar-refractivity contribution in [2.75, 3.05) is 121 Å². The number of piperidine rings is 3. The Morgan fingerprint density at radius 1 is 0.541 bits per heavy atom. The summed E-state index contributed by atoms with van der Waals surface area (Å²) in [4.78, 5) is 96.3. The van der Waals surface area contributed by atoms with Crippen LogP contribution in [-0.2, 0) is 45.0 Å². The zero-order chi connectivity index (χ0) is 101. The van der Waals surface area contributed by atoms with Gasteiger partial charge in [0.25, 0.3) is 16.7 Å². The molecule has 0 radical (unpaired) electrons. The van der Waals surface area contributed by atoms with E-state index in [1.54, 1.807) is 100 Å². The van der Waals surface area contributed by atoms with Gasteiger partial charge in [-0.15, -0.1) is 0 Å². The van der Waals surface area contributed by atoms with Crippen LogP contribution in [0.4, 0.5) is 40.6 Å². The van der Waals surface area contributed by atoms with E-state index in [-0.39, 0.29) is 86.8 Å². The zero-order valence-electron chi connectivity index (χ0n) is 82.6. The van der Waals surface area contributed by atoms with Gasteiger partial charge < -0.3 is 65.3 Å². The van der Waals surface area contributed by atoms with E-state index in [2.05, 4.69) is 108 Å². The molecule has 15 aromatic rings. The molecule has 758 valence electrons. The van der Waals surface area contributed by atoms with Crippen molar-refractivity contribution < 1.29 is 41.8 Å². The number of benzene rings is 9. The normalized spacial score (nSPS) is 16.2. The number of Topliss-reactive ketones (excluding diaryl/α,β-unsaturated/α-hetero) is 1. The molecule has 1 saturated carbocycles. The Labute approximate surface area is 866 Å². The predicted octanol–water partition coefficient (Wildman–Crippen LogP) is 19.3. The summed E-state index contributed by atoms with van der Waals surface area (Å²) >= 11 is 14.5. The van der Waals surface area contributed by atoms with E-state index in [1.165, 1.54) is 17.4 Å². The summed E-state index contributed by atoms with van der Waals surface area (Å²) in [7, 11) is 5.32.